The molecule has 0 saturated heterocycles. The summed E-state index contributed by atoms with van der Waals surface area (Å²) < 4.78 is 106. The SMILES string of the molecule is [2H]c1c([2H])c([2H])c(-c2cccc(-c3c([2H])c([2H])c([2H])c([2H])c3[2H])c2-[n+]2[c-]n(-c3[c-]c(Oc4[c-]c5c(cc4)c4cc6oc7ccccc7c6cc4n5-c4cc(C(C)(C)C)ccn4)ccc3)c3ccccc32)c([2H])c1[2H].[Pt]. The first-order valence-electron chi connectivity index (χ1n) is 25.7. The number of aromatic nitrogens is 4. The second-order valence-corrected chi connectivity index (χ2v) is 16.5. The summed E-state index contributed by atoms with van der Waals surface area (Å²) in [5, 5.41) is 3.86. The Morgan fingerprint density at radius 1 is 0.631 bits per heavy atom. The van der Waals surface area contributed by atoms with Crippen LogP contribution in [0.1, 0.15) is 40.0 Å². The molecule has 0 spiro atoms. The number of benzene rings is 8. The van der Waals surface area contributed by atoms with Crippen molar-refractivity contribution in [1.29, 1.82) is 0 Å². The molecule has 0 radical (unpaired) electrons. The van der Waals surface area contributed by atoms with Gasteiger partial charge < -0.3 is 18.3 Å². The van der Waals surface area contributed by atoms with Gasteiger partial charge in [-0.05, 0) is 74.6 Å². The fourth-order valence-electron chi connectivity index (χ4n) is 8.55. The minimum absolute atomic E-state index is 0. The molecule has 4 heterocycles. The maximum absolute atomic E-state index is 9.03. The van der Waals surface area contributed by atoms with Crippen LogP contribution in [0.5, 0.6) is 11.5 Å². The van der Waals surface area contributed by atoms with E-state index in [0.717, 1.165) is 55.1 Å². The van der Waals surface area contributed by atoms with Gasteiger partial charge in [0.25, 0.3) is 6.33 Å². The number of fused-ring (bicyclic) bond motifs is 7. The summed E-state index contributed by atoms with van der Waals surface area (Å²) in [6.45, 7) is 6.50. The van der Waals surface area contributed by atoms with Crippen molar-refractivity contribution in [2.75, 3.05) is 0 Å². The Labute approximate surface area is 404 Å². The quantitative estimate of drug-likeness (QED) is 0.118. The van der Waals surface area contributed by atoms with Gasteiger partial charge in [-0.1, -0.05) is 147 Å². The van der Waals surface area contributed by atoms with Gasteiger partial charge in [-0.25, -0.2) is 4.98 Å². The van der Waals surface area contributed by atoms with Crippen LogP contribution in [0, 0.1) is 18.5 Å². The molecular weight excluding hydrogens is 980 g/mol. The minimum atomic E-state index is -0.576. The molecule has 0 N–H and O–H groups in total. The number of hydrogen-bond acceptors (Lipinski definition) is 3. The molecule has 0 unspecified atom stereocenters. The minimum Gasteiger partial charge on any atom is -0.510 e. The number of imidazole rings is 1. The fourth-order valence-corrected chi connectivity index (χ4v) is 8.55. The predicted molar refractivity (Wildman–Crippen MR) is 257 cm³/mol. The molecule has 0 aliphatic heterocycles. The van der Waals surface area contributed by atoms with Crippen LogP contribution in [0.2, 0.25) is 0 Å². The van der Waals surface area contributed by atoms with Crippen LogP contribution >= 0.6 is 0 Å². The largest absolute Gasteiger partial charge is 0.510 e. The monoisotopic (exact) mass is 1030 g/mol. The Morgan fingerprint density at radius 3 is 2.11 bits per heavy atom. The number of nitrogens with zero attached hydrogens (tertiary/aromatic N) is 4. The van der Waals surface area contributed by atoms with Crippen LogP contribution in [0.15, 0.2) is 192 Å². The zero-order valence-corrected chi connectivity index (χ0v) is 37.3. The van der Waals surface area contributed by atoms with Crippen molar-refractivity contribution >= 4 is 54.8 Å². The molecule has 0 amide bonds. The van der Waals surface area contributed by atoms with E-state index in [0.29, 0.717) is 28.2 Å². The average Bonchev–Trinajstić information content (AvgIpc) is 4.12. The van der Waals surface area contributed by atoms with Gasteiger partial charge in [-0.2, -0.15) is 18.2 Å². The van der Waals surface area contributed by atoms with Crippen molar-refractivity contribution < 1.29 is 48.5 Å². The topological polar surface area (TPSA) is 49.0 Å². The molecule has 8 aromatic carbocycles. The van der Waals surface area contributed by atoms with Crippen molar-refractivity contribution in [1.82, 2.24) is 14.1 Å². The molecule has 0 atom stereocenters. The molecule has 7 heteroatoms. The molecule has 0 bridgehead atoms. The maximum atomic E-state index is 9.03. The van der Waals surface area contributed by atoms with E-state index in [4.69, 9.17) is 27.8 Å². The number of pyridine rings is 1. The van der Waals surface area contributed by atoms with E-state index in [1.54, 1.807) is 39.5 Å². The van der Waals surface area contributed by atoms with E-state index in [2.05, 4.69) is 68.1 Å². The third kappa shape index (κ3) is 6.93. The van der Waals surface area contributed by atoms with Crippen molar-refractivity contribution in [2.45, 2.75) is 26.2 Å². The van der Waals surface area contributed by atoms with Crippen LogP contribution in [0.3, 0.4) is 0 Å². The molecule has 6 nitrogen and oxygen atoms in total. The summed E-state index contributed by atoms with van der Waals surface area (Å²) in [5.41, 5.74) is 5.95. The molecular formula is C58H40N4O2Pt-2. The zero-order valence-electron chi connectivity index (χ0n) is 45.0. The third-order valence-corrected chi connectivity index (χ3v) is 11.6. The summed E-state index contributed by atoms with van der Waals surface area (Å²) in [7, 11) is 0. The molecule has 4 aromatic heterocycles. The predicted octanol–water partition coefficient (Wildman–Crippen LogP) is 14.1. The number of rotatable bonds is 7. The molecule has 12 rings (SSSR count). The van der Waals surface area contributed by atoms with Crippen molar-refractivity contribution in [2.24, 2.45) is 0 Å². The molecule has 0 saturated carbocycles. The first-order chi connectivity index (χ1) is 35.5. The number of hydrogen-bond donors (Lipinski definition) is 0. The first-order valence-corrected chi connectivity index (χ1v) is 20.7. The van der Waals surface area contributed by atoms with Crippen LogP contribution in [0.4, 0.5) is 0 Å². The standard InChI is InChI=1S/C58H40N4O2.Pt/c1-58(2,3)40-30-31-59-56(32-40)62-52-34-43(28-29-46(52)48-36-55-49(35-53(48)62)47-22-10-13-27-54(47)64-55)63-42-21-14-20-41(33-42)60-37-61(51-26-12-11-25-50(51)60)57-44(38-16-6-4-7-17-38)23-15-24-45(57)39-18-8-5-9-19-39;/h4-32,35-36H,1-3H3;/q-2;/i4D,5D,6D,7D,8D,9D,16D,17D,18D,19D;. The Kier molecular flexibility index (Phi) is 7.48. The van der Waals surface area contributed by atoms with E-state index in [1.165, 1.54) is 0 Å². The molecule has 0 aliphatic carbocycles. The summed E-state index contributed by atoms with van der Waals surface area (Å²) in [6.07, 6.45) is 5.24. The van der Waals surface area contributed by atoms with E-state index in [9.17, 15) is 0 Å². The number of ether oxygens (including phenoxy) is 1. The summed E-state index contributed by atoms with van der Waals surface area (Å²) >= 11 is 0. The van der Waals surface area contributed by atoms with Gasteiger partial charge in [0, 0.05) is 55.1 Å². The summed E-state index contributed by atoms with van der Waals surface area (Å²) in [6, 6.07) is 39.3. The van der Waals surface area contributed by atoms with E-state index < -0.39 is 60.4 Å². The van der Waals surface area contributed by atoms with Gasteiger partial charge >= 0.3 is 0 Å². The van der Waals surface area contributed by atoms with Gasteiger partial charge in [0.2, 0.25) is 0 Å². The van der Waals surface area contributed by atoms with E-state index in [1.807, 2.05) is 72.9 Å². The van der Waals surface area contributed by atoms with Gasteiger partial charge in [0.15, 0.2) is 0 Å². The summed E-state index contributed by atoms with van der Waals surface area (Å²) in [5.74, 6) is 1.47. The Morgan fingerprint density at radius 2 is 1.34 bits per heavy atom. The average molecular weight is 1030 g/mol. The number of para-hydroxylation sites is 4. The van der Waals surface area contributed by atoms with Crippen LogP contribution in [0.25, 0.3) is 94.2 Å². The molecule has 12 aromatic rings. The molecule has 316 valence electrons. The molecule has 65 heavy (non-hydrogen) atoms. The van der Waals surface area contributed by atoms with Gasteiger partial charge in [0.1, 0.15) is 17.0 Å². The Bertz CT molecular complexity index is 4220. The van der Waals surface area contributed by atoms with Gasteiger partial charge in [-0.15, -0.1) is 29.7 Å². The third-order valence-electron chi connectivity index (χ3n) is 11.6. The van der Waals surface area contributed by atoms with Gasteiger partial charge in [-0.3, -0.25) is 4.57 Å². The fraction of sp³-hybridized carbons (Fsp3) is 0.0690. The van der Waals surface area contributed by atoms with Crippen molar-refractivity contribution in [3.05, 3.63) is 212 Å². The van der Waals surface area contributed by atoms with Crippen LogP contribution < -0.4 is 9.30 Å². The second kappa shape index (κ2) is 15.9. The van der Waals surface area contributed by atoms with Gasteiger partial charge in [0.05, 0.1) is 30.4 Å². The van der Waals surface area contributed by atoms with E-state index in [-0.39, 0.29) is 54.4 Å². The Balaban J connectivity index is 0.00000602. The van der Waals surface area contributed by atoms with E-state index >= 15 is 0 Å². The van der Waals surface area contributed by atoms with Crippen LogP contribution in [-0.2, 0) is 26.5 Å². The Hall–Kier alpha value is -7.53. The summed E-state index contributed by atoms with van der Waals surface area (Å²) in [4.78, 5) is 4.90. The number of furan rings is 1. The molecule has 0 aliphatic rings. The normalized spacial score (nSPS) is 14.0. The van der Waals surface area contributed by atoms with Crippen molar-refractivity contribution in [3.8, 4) is 50.9 Å². The maximum Gasteiger partial charge on any atom is 0.268 e. The molecule has 0 fully saturated rings. The second-order valence-electron chi connectivity index (χ2n) is 16.5. The smallest absolute Gasteiger partial charge is 0.268 e. The first kappa shape index (κ1) is 30.5. The van der Waals surface area contributed by atoms with Crippen molar-refractivity contribution in [3.63, 3.8) is 0 Å². The van der Waals surface area contributed by atoms with Crippen LogP contribution in [-0.4, -0.2) is 14.1 Å². The zero-order chi connectivity index (χ0) is 51.6.